The SMILES string of the molecule is CCCNC(=O)C1CCN(c2ccncc2)CC1. The summed E-state index contributed by atoms with van der Waals surface area (Å²) in [5, 5.41) is 2.99. The second-order valence-corrected chi connectivity index (χ2v) is 4.76. The van der Waals surface area contributed by atoms with Crippen LogP contribution in [0.15, 0.2) is 24.5 Å². The van der Waals surface area contributed by atoms with Crippen molar-refractivity contribution in [1.29, 1.82) is 0 Å². The summed E-state index contributed by atoms with van der Waals surface area (Å²) in [6.45, 7) is 4.78. The van der Waals surface area contributed by atoms with Gasteiger partial charge in [0, 0.05) is 43.6 Å². The van der Waals surface area contributed by atoms with E-state index in [1.165, 1.54) is 5.69 Å². The van der Waals surface area contributed by atoms with Gasteiger partial charge in [-0.2, -0.15) is 0 Å². The van der Waals surface area contributed by atoms with Gasteiger partial charge in [-0.15, -0.1) is 0 Å². The Labute approximate surface area is 108 Å². The number of nitrogens with one attached hydrogen (secondary N) is 1. The Bertz CT molecular complexity index is 372. The molecule has 0 aliphatic carbocycles. The summed E-state index contributed by atoms with van der Waals surface area (Å²) in [6, 6.07) is 4.05. The minimum Gasteiger partial charge on any atom is -0.371 e. The van der Waals surface area contributed by atoms with E-state index in [0.29, 0.717) is 0 Å². The summed E-state index contributed by atoms with van der Waals surface area (Å²) < 4.78 is 0. The average Bonchev–Trinajstić information content (AvgIpc) is 2.46. The number of aromatic nitrogens is 1. The lowest BCUT2D eigenvalue weighted by Crippen LogP contribution is -2.40. The van der Waals surface area contributed by atoms with Crippen molar-refractivity contribution in [3.05, 3.63) is 24.5 Å². The third-order valence-electron chi connectivity index (χ3n) is 3.44. The Balaban J connectivity index is 1.83. The van der Waals surface area contributed by atoms with Gasteiger partial charge in [0.1, 0.15) is 0 Å². The maximum atomic E-state index is 11.9. The molecule has 0 radical (unpaired) electrons. The number of amides is 1. The van der Waals surface area contributed by atoms with E-state index >= 15 is 0 Å². The molecule has 1 saturated heterocycles. The molecule has 2 rings (SSSR count). The highest BCUT2D eigenvalue weighted by molar-refractivity contribution is 5.78. The van der Waals surface area contributed by atoms with E-state index in [1.54, 1.807) is 0 Å². The number of carbonyl (C=O) groups is 1. The van der Waals surface area contributed by atoms with Gasteiger partial charge in [-0.25, -0.2) is 0 Å². The smallest absolute Gasteiger partial charge is 0.223 e. The molecule has 1 aliphatic heterocycles. The molecule has 1 aromatic heterocycles. The van der Waals surface area contributed by atoms with Crippen molar-refractivity contribution in [2.75, 3.05) is 24.5 Å². The number of pyridine rings is 1. The Morgan fingerprint density at radius 2 is 2.06 bits per heavy atom. The molecule has 1 amide bonds. The van der Waals surface area contributed by atoms with Crippen LogP contribution in [-0.4, -0.2) is 30.5 Å². The van der Waals surface area contributed by atoms with E-state index in [2.05, 4.69) is 22.1 Å². The van der Waals surface area contributed by atoms with Crippen molar-refractivity contribution in [1.82, 2.24) is 10.3 Å². The topological polar surface area (TPSA) is 45.2 Å². The molecule has 1 aromatic rings. The molecule has 0 unspecified atom stereocenters. The predicted molar refractivity (Wildman–Crippen MR) is 72.5 cm³/mol. The largest absolute Gasteiger partial charge is 0.371 e. The van der Waals surface area contributed by atoms with E-state index in [4.69, 9.17) is 0 Å². The highest BCUT2D eigenvalue weighted by Gasteiger charge is 2.24. The maximum absolute atomic E-state index is 11.9. The van der Waals surface area contributed by atoms with Crippen LogP contribution in [0.5, 0.6) is 0 Å². The Hall–Kier alpha value is -1.58. The number of nitrogens with zero attached hydrogens (tertiary/aromatic N) is 2. The van der Waals surface area contributed by atoms with Crippen LogP contribution in [0.2, 0.25) is 0 Å². The fourth-order valence-electron chi connectivity index (χ4n) is 2.35. The quantitative estimate of drug-likeness (QED) is 0.882. The number of carbonyl (C=O) groups excluding carboxylic acids is 1. The zero-order valence-corrected chi connectivity index (χ0v) is 10.9. The van der Waals surface area contributed by atoms with Crippen LogP contribution in [0.3, 0.4) is 0 Å². The third kappa shape index (κ3) is 3.22. The van der Waals surface area contributed by atoms with E-state index in [1.807, 2.05) is 24.5 Å². The van der Waals surface area contributed by atoms with E-state index in [0.717, 1.165) is 38.9 Å². The van der Waals surface area contributed by atoms with Gasteiger partial charge in [0.05, 0.1) is 0 Å². The summed E-state index contributed by atoms with van der Waals surface area (Å²) in [6.07, 6.45) is 6.52. The minimum absolute atomic E-state index is 0.189. The standard InChI is InChI=1S/C14H21N3O/c1-2-7-16-14(18)12-5-10-17(11-6-12)13-3-8-15-9-4-13/h3-4,8-9,12H,2,5-7,10-11H2,1H3,(H,16,18). The number of anilines is 1. The molecule has 0 bridgehead atoms. The predicted octanol–water partition coefficient (Wildman–Crippen LogP) is 1.82. The molecule has 1 fully saturated rings. The molecular formula is C14H21N3O. The second kappa shape index (κ2) is 6.38. The lowest BCUT2D eigenvalue weighted by Gasteiger charge is -2.32. The van der Waals surface area contributed by atoms with Crippen molar-refractivity contribution in [3.63, 3.8) is 0 Å². The first-order valence-electron chi connectivity index (χ1n) is 6.74. The molecule has 0 atom stereocenters. The molecule has 0 spiro atoms. The Morgan fingerprint density at radius 3 is 2.67 bits per heavy atom. The first kappa shape index (κ1) is 12.9. The van der Waals surface area contributed by atoms with Gasteiger partial charge < -0.3 is 10.2 Å². The van der Waals surface area contributed by atoms with Gasteiger partial charge in [0.25, 0.3) is 0 Å². The fraction of sp³-hybridized carbons (Fsp3) is 0.571. The van der Waals surface area contributed by atoms with Crippen LogP contribution in [0.4, 0.5) is 5.69 Å². The molecule has 0 aromatic carbocycles. The van der Waals surface area contributed by atoms with Crippen molar-refractivity contribution < 1.29 is 4.79 Å². The van der Waals surface area contributed by atoms with E-state index in [9.17, 15) is 4.79 Å². The first-order chi connectivity index (χ1) is 8.81. The Kier molecular flexibility index (Phi) is 4.56. The zero-order valence-electron chi connectivity index (χ0n) is 10.9. The zero-order chi connectivity index (χ0) is 12.8. The number of hydrogen-bond acceptors (Lipinski definition) is 3. The molecule has 4 heteroatoms. The lowest BCUT2D eigenvalue weighted by atomic mass is 9.95. The molecule has 0 saturated carbocycles. The summed E-state index contributed by atoms with van der Waals surface area (Å²) in [4.78, 5) is 18.2. The van der Waals surface area contributed by atoms with Gasteiger partial charge in [0.15, 0.2) is 0 Å². The molecule has 1 N–H and O–H groups in total. The average molecular weight is 247 g/mol. The first-order valence-corrected chi connectivity index (χ1v) is 6.74. The van der Waals surface area contributed by atoms with Crippen LogP contribution < -0.4 is 10.2 Å². The molecule has 4 nitrogen and oxygen atoms in total. The van der Waals surface area contributed by atoms with Crippen LogP contribution >= 0.6 is 0 Å². The second-order valence-electron chi connectivity index (χ2n) is 4.76. The fourth-order valence-corrected chi connectivity index (χ4v) is 2.35. The summed E-state index contributed by atoms with van der Waals surface area (Å²) >= 11 is 0. The van der Waals surface area contributed by atoms with Crippen LogP contribution in [0.25, 0.3) is 0 Å². The van der Waals surface area contributed by atoms with Crippen molar-refractivity contribution in [3.8, 4) is 0 Å². The normalized spacial score (nSPS) is 16.6. The highest BCUT2D eigenvalue weighted by atomic mass is 16.1. The van der Waals surface area contributed by atoms with Gasteiger partial charge in [-0.3, -0.25) is 9.78 Å². The van der Waals surface area contributed by atoms with E-state index in [-0.39, 0.29) is 11.8 Å². The molecular weight excluding hydrogens is 226 g/mol. The van der Waals surface area contributed by atoms with E-state index < -0.39 is 0 Å². The molecule has 1 aliphatic rings. The molecule has 98 valence electrons. The van der Waals surface area contributed by atoms with Gasteiger partial charge >= 0.3 is 0 Å². The number of piperidine rings is 1. The molecule has 18 heavy (non-hydrogen) atoms. The summed E-state index contributed by atoms with van der Waals surface area (Å²) in [5.41, 5.74) is 1.21. The van der Waals surface area contributed by atoms with Gasteiger partial charge in [-0.05, 0) is 31.4 Å². The summed E-state index contributed by atoms with van der Waals surface area (Å²) in [7, 11) is 0. The number of hydrogen-bond donors (Lipinski definition) is 1. The van der Waals surface area contributed by atoms with Crippen LogP contribution in [0.1, 0.15) is 26.2 Å². The molecule has 2 heterocycles. The van der Waals surface area contributed by atoms with Gasteiger partial charge in [0.2, 0.25) is 5.91 Å². The Morgan fingerprint density at radius 1 is 1.39 bits per heavy atom. The van der Waals surface area contributed by atoms with Crippen LogP contribution in [-0.2, 0) is 4.79 Å². The third-order valence-corrected chi connectivity index (χ3v) is 3.44. The lowest BCUT2D eigenvalue weighted by molar-refractivity contribution is -0.125. The van der Waals surface area contributed by atoms with Gasteiger partial charge in [-0.1, -0.05) is 6.92 Å². The van der Waals surface area contributed by atoms with Crippen molar-refractivity contribution >= 4 is 11.6 Å². The maximum Gasteiger partial charge on any atom is 0.223 e. The number of rotatable bonds is 4. The van der Waals surface area contributed by atoms with Crippen LogP contribution in [0, 0.1) is 5.92 Å². The minimum atomic E-state index is 0.189. The summed E-state index contributed by atoms with van der Waals surface area (Å²) in [5.74, 6) is 0.417. The highest BCUT2D eigenvalue weighted by Crippen LogP contribution is 2.22. The van der Waals surface area contributed by atoms with Crippen molar-refractivity contribution in [2.24, 2.45) is 5.92 Å². The van der Waals surface area contributed by atoms with Crippen molar-refractivity contribution in [2.45, 2.75) is 26.2 Å². The monoisotopic (exact) mass is 247 g/mol.